The fourth-order valence-electron chi connectivity index (χ4n) is 2.24. The van der Waals surface area contributed by atoms with Crippen LogP contribution >= 0.6 is 11.6 Å². The Labute approximate surface area is 154 Å². The van der Waals surface area contributed by atoms with Crippen molar-refractivity contribution in [2.45, 2.75) is 13.8 Å². The number of aryl methyl sites for hydroxylation is 2. The molecule has 0 radical (unpaired) electrons. The van der Waals surface area contributed by atoms with Crippen molar-refractivity contribution in [3.05, 3.63) is 69.0 Å². The summed E-state index contributed by atoms with van der Waals surface area (Å²) in [6, 6.07) is 11.9. The van der Waals surface area contributed by atoms with Gasteiger partial charge in [-0.25, -0.2) is 0 Å². The summed E-state index contributed by atoms with van der Waals surface area (Å²) in [6.45, 7) is 4.04. The normalized spacial score (nSPS) is 10.4. The van der Waals surface area contributed by atoms with E-state index >= 15 is 0 Å². The van der Waals surface area contributed by atoms with Gasteiger partial charge in [-0.1, -0.05) is 12.1 Å². The first-order valence-corrected chi connectivity index (χ1v) is 8.06. The third-order valence-corrected chi connectivity index (χ3v) is 3.85. The number of nitro groups is 1. The number of anilines is 4. The molecule has 0 aliphatic rings. The van der Waals surface area contributed by atoms with E-state index in [1.807, 2.05) is 32.0 Å². The Morgan fingerprint density at radius 3 is 2.19 bits per heavy atom. The third kappa shape index (κ3) is 4.22. The van der Waals surface area contributed by atoms with Crippen LogP contribution in [0.3, 0.4) is 0 Å². The number of nitrogens with zero attached hydrogens (tertiary/aromatic N) is 4. The van der Waals surface area contributed by atoms with Gasteiger partial charge in [0.05, 0.1) is 4.92 Å². The number of nitro benzene ring substituents is 1. The summed E-state index contributed by atoms with van der Waals surface area (Å²) in [7, 11) is 0. The van der Waals surface area contributed by atoms with E-state index in [1.54, 1.807) is 12.1 Å². The summed E-state index contributed by atoms with van der Waals surface area (Å²) in [5.74, 6) is 0.443. The minimum Gasteiger partial charge on any atom is -0.324 e. The van der Waals surface area contributed by atoms with Crippen molar-refractivity contribution in [3.8, 4) is 0 Å². The Morgan fingerprint density at radius 1 is 0.923 bits per heavy atom. The average Bonchev–Trinajstić information content (AvgIpc) is 2.58. The maximum Gasteiger partial charge on any atom is 0.271 e. The summed E-state index contributed by atoms with van der Waals surface area (Å²) in [5.41, 5.74) is 3.56. The highest BCUT2D eigenvalue weighted by Crippen LogP contribution is 2.22. The van der Waals surface area contributed by atoms with Gasteiger partial charge in [0, 0.05) is 23.5 Å². The van der Waals surface area contributed by atoms with Crippen molar-refractivity contribution in [3.63, 3.8) is 0 Å². The van der Waals surface area contributed by atoms with Gasteiger partial charge in [-0.2, -0.15) is 15.0 Å². The Balaban J connectivity index is 1.84. The number of benzene rings is 2. The van der Waals surface area contributed by atoms with Crippen molar-refractivity contribution in [2.24, 2.45) is 0 Å². The molecule has 0 saturated carbocycles. The van der Waals surface area contributed by atoms with E-state index < -0.39 is 4.92 Å². The van der Waals surface area contributed by atoms with Gasteiger partial charge in [0.1, 0.15) is 0 Å². The molecule has 0 atom stereocenters. The van der Waals surface area contributed by atoms with Crippen LogP contribution in [0.5, 0.6) is 0 Å². The van der Waals surface area contributed by atoms with Crippen LogP contribution in [0, 0.1) is 24.0 Å². The third-order valence-electron chi connectivity index (χ3n) is 3.68. The van der Waals surface area contributed by atoms with Crippen LogP contribution in [0.15, 0.2) is 42.5 Å². The molecule has 0 aliphatic heterocycles. The molecule has 2 N–H and O–H groups in total. The molecule has 8 nitrogen and oxygen atoms in total. The number of hydrogen-bond acceptors (Lipinski definition) is 7. The lowest BCUT2D eigenvalue weighted by Gasteiger charge is -2.09. The van der Waals surface area contributed by atoms with Gasteiger partial charge in [-0.3, -0.25) is 10.1 Å². The summed E-state index contributed by atoms with van der Waals surface area (Å²) < 4.78 is 0. The number of aromatic nitrogens is 3. The predicted octanol–water partition coefficient (Wildman–Crippen LogP) is 4.54. The zero-order chi connectivity index (χ0) is 18.7. The molecule has 0 unspecified atom stereocenters. The smallest absolute Gasteiger partial charge is 0.271 e. The molecule has 0 amide bonds. The lowest BCUT2D eigenvalue weighted by molar-refractivity contribution is -0.384. The van der Waals surface area contributed by atoms with Gasteiger partial charge in [-0.15, -0.1) is 0 Å². The van der Waals surface area contributed by atoms with E-state index in [0.717, 1.165) is 11.3 Å². The zero-order valence-corrected chi connectivity index (χ0v) is 14.8. The second-order valence-electron chi connectivity index (χ2n) is 5.61. The summed E-state index contributed by atoms with van der Waals surface area (Å²) in [4.78, 5) is 22.7. The highest BCUT2D eigenvalue weighted by atomic mass is 35.5. The van der Waals surface area contributed by atoms with Crippen LogP contribution in [0.2, 0.25) is 5.28 Å². The SMILES string of the molecule is Cc1ccc(Nc2nc(Cl)nc(Nc3cccc([N+](=O)[O-])c3)n2)cc1C. The molecular weight excluding hydrogens is 356 g/mol. The topological polar surface area (TPSA) is 106 Å². The lowest BCUT2D eigenvalue weighted by Crippen LogP contribution is -2.04. The van der Waals surface area contributed by atoms with E-state index in [9.17, 15) is 10.1 Å². The quantitative estimate of drug-likeness (QED) is 0.501. The Morgan fingerprint density at radius 2 is 1.58 bits per heavy atom. The highest BCUT2D eigenvalue weighted by Gasteiger charge is 2.09. The maximum atomic E-state index is 10.9. The minimum absolute atomic E-state index is 0.000681. The van der Waals surface area contributed by atoms with E-state index in [1.165, 1.54) is 17.7 Å². The van der Waals surface area contributed by atoms with Gasteiger partial charge in [0.2, 0.25) is 17.2 Å². The Hall–Kier alpha value is -3.26. The molecule has 1 heterocycles. The molecule has 2 aromatic carbocycles. The van der Waals surface area contributed by atoms with E-state index in [4.69, 9.17) is 11.6 Å². The molecule has 3 aromatic rings. The Bertz CT molecular complexity index is 979. The number of hydrogen-bond donors (Lipinski definition) is 2. The van der Waals surface area contributed by atoms with Crippen molar-refractivity contribution in [2.75, 3.05) is 10.6 Å². The molecule has 9 heteroatoms. The van der Waals surface area contributed by atoms with Crippen molar-refractivity contribution < 1.29 is 4.92 Å². The largest absolute Gasteiger partial charge is 0.324 e. The van der Waals surface area contributed by atoms with Gasteiger partial charge >= 0.3 is 0 Å². The summed E-state index contributed by atoms with van der Waals surface area (Å²) in [6.07, 6.45) is 0. The lowest BCUT2D eigenvalue weighted by atomic mass is 10.1. The van der Waals surface area contributed by atoms with Gasteiger partial charge < -0.3 is 10.6 Å². The molecular formula is C17H15ClN6O2. The fourth-order valence-corrected chi connectivity index (χ4v) is 2.40. The van der Waals surface area contributed by atoms with Gasteiger partial charge in [-0.05, 0) is 54.8 Å². The molecule has 132 valence electrons. The number of rotatable bonds is 5. The molecule has 0 saturated heterocycles. The average molecular weight is 371 g/mol. The van der Waals surface area contributed by atoms with Gasteiger partial charge in [0.25, 0.3) is 5.69 Å². The number of non-ortho nitro benzene ring substituents is 1. The van der Waals surface area contributed by atoms with Crippen molar-refractivity contribution in [1.29, 1.82) is 0 Å². The number of nitrogens with one attached hydrogen (secondary N) is 2. The second-order valence-corrected chi connectivity index (χ2v) is 5.95. The molecule has 0 aliphatic carbocycles. The van der Waals surface area contributed by atoms with Crippen LogP contribution in [-0.4, -0.2) is 19.9 Å². The second kappa shape index (κ2) is 7.32. The predicted molar refractivity (Wildman–Crippen MR) is 100 cm³/mol. The van der Waals surface area contributed by atoms with E-state index in [2.05, 4.69) is 25.6 Å². The van der Waals surface area contributed by atoms with Crippen molar-refractivity contribution in [1.82, 2.24) is 15.0 Å². The van der Waals surface area contributed by atoms with Crippen LogP contribution in [0.25, 0.3) is 0 Å². The first kappa shape index (κ1) is 17.6. The highest BCUT2D eigenvalue weighted by molar-refractivity contribution is 6.28. The van der Waals surface area contributed by atoms with Crippen LogP contribution in [0.4, 0.5) is 29.0 Å². The fraction of sp³-hybridized carbons (Fsp3) is 0.118. The molecule has 0 spiro atoms. The van der Waals surface area contributed by atoms with E-state index in [0.29, 0.717) is 5.69 Å². The monoisotopic (exact) mass is 370 g/mol. The molecule has 0 bridgehead atoms. The summed E-state index contributed by atoms with van der Waals surface area (Å²) >= 11 is 5.97. The zero-order valence-electron chi connectivity index (χ0n) is 14.0. The number of halogens is 1. The molecule has 1 aromatic heterocycles. The Kier molecular flexibility index (Phi) is 4.94. The molecule has 26 heavy (non-hydrogen) atoms. The van der Waals surface area contributed by atoms with Crippen LogP contribution in [-0.2, 0) is 0 Å². The van der Waals surface area contributed by atoms with Crippen molar-refractivity contribution >= 4 is 40.6 Å². The maximum absolute atomic E-state index is 10.9. The summed E-state index contributed by atoms with van der Waals surface area (Å²) in [5, 5.41) is 16.8. The first-order valence-electron chi connectivity index (χ1n) is 7.68. The minimum atomic E-state index is -0.474. The standard InChI is InChI=1S/C17H15ClN6O2/c1-10-6-7-13(8-11(10)2)20-17-22-15(18)21-16(23-17)19-12-4-3-5-14(9-12)24(25)26/h3-9H,1-2H3,(H2,19,20,21,22,23). The first-order chi connectivity index (χ1) is 12.4. The van der Waals surface area contributed by atoms with Crippen LogP contribution < -0.4 is 10.6 Å². The molecule has 0 fully saturated rings. The van der Waals surface area contributed by atoms with E-state index in [-0.39, 0.29) is 22.9 Å². The van der Waals surface area contributed by atoms with Gasteiger partial charge in [0.15, 0.2) is 0 Å². The molecule has 3 rings (SSSR count). The van der Waals surface area contributed by atoms with Crippen LogP contribution in [0.1, 0.15) is 11.1 Å².